The number of nitrogens with zero attached hydrogens (tertiary/aromatic N) is 2. The van der Waals surface area contributed by atoms with Gasteiger partial charge in [-0.1, -0.05) is 12.1 Å². The molecule has 10 heteroatoms. The molecular formula is C25H25N3O6S. The first-order chi connectivity index (χ1) is 17.0. The molecule has 0 spiro atoms. The van der Waals surface area contributed by atoms with Gasteiger partial charge in [-0.25, -0.2) is 0 Å². The smallest absolute Gasteiger partial charge is 0.257 e. The predicted octanol–water partition coefficient (Wildman–Crippen LogP) is 2.20. The molecule has 0 unspecified atom stereocenters. The van der Waals surface area contributed by atoms with Gasteiger partial charge in [-0.3, -0.25) is 14.4 Å². The Hall–Kier alpha value is -3.79. The van der Waals surface area contributed by atoms with Gasteiger partial charge < -0.3 is 29.0 Å². The molecule has 0 saturated heterocycles. The van der Waals surface area contributed by atoms with Crippen LogP contribution in [-0.4, -0.2) is 48.3 Å². The van der Waals surface area contributed by atoms with E-state index in [0.717, 1.165) is 10.4 Å². The summed E-state index contributed by atoms with van der Waals surface area (Å²) in [6, 6.07) is 10.7. The highest BCUT2D eigenvalue weighted by atomic mass is 32.1. The number of ether oxygens (including phenoxy) is 3. The lowest BCUT2D eigenvalue weighted by atomic mass is 10.1. The number of methoxy groups -OCH3 is 1. The second kappa shape index (κ2) is 9.83. The van der Waals surface area contributed by atoms with Crippen molar-refractivity contribution in [1.29, 1.82) is 0 Å². The number of thiophene rings is 1. The molecule has 35 heavy (non-hydrogen) atoms. The number of hydrogen-bond donors (Lipinski definition) is 1. The number of carbonyl (C=O) groups excluding carboxylic acids is 2. The minimum Gasteiger partial charge on any atom is -0.496 e. The van der Waals surface area contributed by atoms with Gasteiger partial charge in [-0.05, 0) is 29.1 Å². The molecule has 5 rings (SSSR count). The number of nitrogens with one attached hydrogen (secondary N) is 1. The molecule has 1 N–H and O–H groups in total. The first kappa shape index (κ1) is 23.0. The Morgan fingerprint density at radius 2 is 1.97 bits per heavy atom. The molecule has 182 valence electrons. The van der Waals surface area contributed by atoms with E-state index in [9.17, 15) is 14.4 Å². The van der Waals surface area contributed by atoms with Gasteiger partial charge in [-0.2, -0.15) is 0 Å². The third-order valence-electron chi connectivity index (χ3n) is 6.19. The fraction of sp³-hybridized carbons (Fsp3) is 0.320. The summed E-state index contributed by atoms with van der Waals surface area (Å²) in [4.78, 5) is 41.7. The monoisotopic (exact) mass is 495 g/mol. The van der Waals surface area contributed by atoms with Crippen LogP contribution < -0.4 is 25.1 Å². The van der Waals surface area contributed by atoms with Gasteiger partial charge in [0.15, 0.2) is 11.5 Å². The Morgan fingerprint density at radius 3 is 2.77 bits per heavy atom. The number of amides is 2. The summed E-state index contributed by atoms with van der Waals surface area (Å²) in [7, 11) is 1.44. The van der Waals surface area contributed by atoms with Crippen LogP contribution in [0.4, 0.5) is 0 Å². The van der Waals surface area contributed by atoms with Crippen LogP contribution >= 0.6 is 11.3 Å². The van der Waals surface area contributed by atoms with E-state index >= 15 is 0 Å². The standard InChI is InChI=1S/C25H25N3O6S/c1-32-21-13-23(30)28-9-8-27(22(29)12-17-3-2-10-35-17)7-6-18(28)24(21)25(31)26-14-16-4-5-19-20(11-16)34-15-33-19/h2-5,10-11,13H,6-9,12,14-15H2,1H3,(H,26,31). The number of aromatic nitrogens is 1. The van der Waals surface area contributed by atoms with Crippen LogP contribution in [0.2, 0.25) is 0 Å². The van der Waals surface area contributed by atoms with Crippen LogP contribution in [0.3, 0.4) is 0 Å². The van der Waals surface area contributed by atoms with E-state index in [2.05, 4.69) is 5.32 Å². The van der Waals surface area contributed by atoms with E-state index in [1.54, 1.807) is 26.9 Å². The molecule has 0 fully saturated rings. The summed E-state index contributed by atoms with van der Waals surface area (Å²) in [5.74, 6) is 1.20. The van der Waals surface area contributed by atoms with Crippen molar-refractivity contribution >= 4 is 23.2 Å². The zero-order valence-electron chi connectivity index (χ0n) is 19.2. The molecule has 3 aromatic rings. The summed E-state index contributed by atoms with van der Waals surface area (Å²) in [5.41, 5.74) is 1.49. The molecule has 2 aliphatic rings. The maximum atomic E-state index is 13.3. The predicted molar refractivity (Wildman–Crippen MR) is 129 cm³/mol. The molecule has 0 atom stereocenters. The third kappa shape index (κ3) is 4.74. The van der Waals surface area contributed by atoms with Gasteiger partial charge >= 0.3 is 0 Å². The van der Waals surface area contributed by atoms with Gasteiger partial charge in [0.2, 0.25) is 12.7 Å². The topological polar surface area (TPSA) is 99.1 Å². The Bertz CT molecular complexity index is 1320. The lowest BCUT2D eigenvalue weighted by Gasteiger charge is -2.19. The first-order valence-corrected chi connectivity index (χ1v) is 12.2. The van der Waals surface area contributed by atoms with Crippen molar-refractivity contribution in [2.24, 2.45) is 0 Å². The molecular weight excluding hydrogens is 470 g/mol. The van der Waals surface area contributed by atoms with Gasteiger partial charge in [-0.15, -0.1) is 11.3 Å². The van der Waals surface area contributed by atoms with E-state index in [-0.39, 0.29) is 36.5 Å². The van der Waals surface area contributed by atoms with Crippen LogP contribution in [0.15, 0.2) is 46.6 Å². The normalized spacial score (nSPS) is 14.3. The molecule has 9 nitrogen and oxygen atoms in total. The van der Waals surface area contributed by atoms with E-state index < -0.39 is 0 Å². The number of pyridine rings is 1. The molecule has 0 radical (unpaired) electrons. The van der Waals surface area contributed by atoms with Crippen LogP contribution in [0.25, 0.3) is 0 Å². The Kier molecular flexibility index (Phi) is 6.45. The van der Waals surface area contributed by atoms with Crippen LogP contribution in [-0.2, 0) is 30.7 Å². The number of rotatable bonds is 6. The fourth-order valence-corrected chi connectivity index (χ4v) is 5.10. The SMILES string of the molecule is COc1cc(=O)n2c(c1C(=O)NCc1ccc3c(c1)OCO3)CCN(C(=O)Cc1cccs1)CC2. The second-order valence-corrected chi connectivity index (χ2v) is 9.31. The zero-order chi connectivity index (χ0) is 24.4. The maximum absolute atomic E-state index is 13.3. The quantitative estimate of drug-likeness (QED) is 0.563. The highest BCUT2D eigenvalue weighted by Gasteiger charge is 2.27. The van der Waals surface area contributed by atoms with Crippen molar-refractivity contribution in [3.8, 4) is 17.2 Å². The molecule has 0 saturated carbocycles. The van der Waals surface area contributed by atoms with Crippen LogP contribution in [0.1, 0.15) is 26.5 Å². The number of carbonyl (C=O) groups is 2. The molecule has 0 bridgehead atoms. The zero-order valence-corrected chi connectivity index (χ0v) is 20.1. The number of fused-ring (bicyclic) bond motifs is 2. The molecule has 2 aromatic heterocycles. The van der Waals surface area contributed by atoms with Crippen LogP contribution in [0.5, 0.6) is 17.2 Å². The number of hydrogen-bond acceptors (Lipinski definition) is 7. The average Bonchev–Trinajstić information content (AvgIpc) is 3.49. The highest BCUT2D eigenvalue weighted by molar-refractivity contribution is 7.10. The van der Waals surface area contributed by atoms with Crippen molar-refractivity contribution in [1.82, 2.24) is 14.8 Å². The molecule has 0 aliphatic carbocycles. The molecule has 2 aliphatic heterocycles. The van der Waals surface area contributed by atoms with E-state index in [4.69, 9.17) is 14.2 Å². The Labute approximate surface area is 205 Å². The summed E-state index contributed by atoms with van der Waals surface area (Å²) >= 11 is 1.54. The van der Waals surface area contributed by atoms with Crippen molar-refractivity contribution < 1.29 is 23.8 Å². The van der Waals surface area contributed by atoms with Gasteiger partial charge in [0.1, 0.15) is 11.3 Å². The maximum Gasteiger partial charge on any atom is 0.257 e. The molecule has 1 aromatic carbocycles. The fourth-order valence-electron chi connectivity index (χ4n) is 4.40. The Morgan fingerprint density at radius 1 is 1.11 bits per heavy atom. The summed E-state index contributed by atoms with van der Waals surface area (Å²) < 4.78 is 17.7. The highest BCUT2D eigenvalue weighted by Crippen LogP contribution is 2.32. The lowest BCUT2D eigenvalue weighted by Crippen LogP contribution is -2.35. The van der Waals surface area contributed by atoms with Gasteiger partial charge in [0, 0.05) is 49.2 Å². The third-order valence-corrected chi connectivity index (χ3v) is 7.07. The number of benzene rings is 1. The molecule has 4 heterocycles. The van der Waals surface area contributed by atoms with Crippen molar-refractivity contribution in [3.05, 3.63) is 73.8 Å². The van der Waals surface area contributed by atoms with Crippen LogP contribution in [0, 0.1) is 0 Å². The Balaban J connectivity index is 1.35. The minimum atomic E-state index is -0.346. The largest absolute Gasteiger partial charge is 0.496 e. The van der Waals surface area contributed by atoms with E-state index in [1.807, 2.05) is 29.6 Å². The van der Waals surface area contributed by atoms with E-state index in [1.165, 1.54) is 13.2 Å². The average molecular weight is 496 g/mol. The van der Waals surface area contributed by atoms with Crippen molar-refractivity contribution in [2.75, 3.05) is 27.0 Å². The minimum absolute atomic E-state index is 0.00841. The lowest BCUT2D eigenvalue weighted by molar-refractivity contribution is -0.130. The van der Waals surface area contributed by atoms with Gasteiger partial charge in [0.25, 0.3) is 11.5 Å². The summed E-state index contributed by atoms with van der Waals surface area (Å²) in [6.45, 7) is 1.58. The van der Waals surface area contributed by atoms with Gasteiger partial charge in [0.05, 0.1) is 13.5 Å². The van der Waals surface area contributed by atoms with Crippen molar-refractivity contribution in [3.63, 3.8) is 0 Å². The second-order valence-electron chi connectivity index (χ2n) is 8.28. The summed E-state index contributed by atoms with van der Waals surface area (Å²) in [6.07, 6.45) is 0.699. The first-order valence-electron chi connectivity index (χ1n) is 11.3. The summed E-state index contributed by atoms with van der Waals surface area (Å²) in [5, 5.41) is 4.87. The van der Waals surface area contributed by atoms with Crippen molar-refractivity contribution in [2.45, 2.75) is 25.9 Å². The molecule has 2 amide bonds. The van der Waals surface area contributed by atoms with E-state index in [0.29, 0.717) is 55.2 Å².